The summed E-state index contributed by atoms with van der Waals surface area (Å²) in [5.74, 6) is 0.526. The number of nitrogens with one attached hydrogen (secondary N) is 1. The van der Waals surface area contributed by atoms with Crippen molar-refractivity contribution in [1.82, 2.24) is 15.1 Å². The summed E-state index contributed by atoms with van der Waals surface area (Å²) in [5, 5.41) is 3.10. The molecular formula is C19H29N3O2. The van der Waals surface area contributed by atoms with Gasteiger partial charge in [-0.3, -0.25) is 14.5 Å². The lowest BCUT2D eigenvalue weighted by atomic mass is 9.96. The SMILES string of the molecule is CC[C@@H](CNC(=O)[C@H](C)N1CCN(C(C)=O)CC1)c1ccccc1. The van der Waals surface area contributed by atoms with Crippen molar-refractivity contribution in [1.29, 1.82) is 0 Å². The lowest BCUT2D eigenvalue weighted by molar-refractivity contribution is -0.132. The quantitative estimate of drug-likeness (QED) is 0.865. The van der Waals surface area contributed by atoms with Crippen molar-refractivity contribution in [2.75, 3.05) is 32.7 Å². The molecule has 2 rings (SSSR count). The normalized spacial score (nSPS) is 18.0. The summed E-state index contributed by atoms with van der Waals surface area (Å²) in [7, 11) is 0. The lowest BCUT2D eigenvalue weighted by Crippen LogP contribution is -2.54. The summed E-state index contributed by atoms with van der Waals surface area (Å²) in [6.45, 7) is 9.27. The third-order valence-corrected chi connectivity index (χ3v) is 4.97. The number of piperazine rings is 1. The minimum Gasteiger partial charge on any atom is -0.354 e. The molecule has 0 saturated carbocycles. The minimum atomic E-state index is -0.160. The molecule has 0 spiro atoms. The second kappa shape index (κ2) is 8.83. The molecule has 0 radical (unpaired) electrons. The fraction of sp³-hybridized carbons (Fsp3) is 0.579. The van der Waals surface area contributed by atoms with Crippen LogP contribution in [0.5, 0.6) is 0 Å². The third-order valence-electron chi connectivity index (χ3n) is 4.97. The van der Waals surface area contributed by atoms with Crippen molar-refractivity contribution in [2.45, 2.75) is 39.2 Å². The molecule has 1 aliphatic heterocycles. The lowest BCUT2D eigenvalue weighted by Gasteiger charge is -2.37. The van der Waals surface area contributed by atoms with E-state index in [0.717, 1.165) is 19.5 Å². The van der Waals surface area contributed by atoms with Gasteiger partial charge >= 0.3 is 0 Å². The zero-order valence-electron chi connectivity index (χ0n) is 15.0. The molecule has 132 valence electrons. The molecule has 0 bridgehead atoms. The second-order valence-corrected chi connectivity index (χ2v) is 6.48. The molecule has 2 amide bonds. The van der Waals surface area contributed by atoms with Gasteiger partial charge in [-0.1, -0.05) is 37.3 Å². The van der Waals surface area contributed by atoms with E-state index in [-0.39, 0.29) is 17.9 Å². The second-order valence-electron chi connectivity index (χ2n) is 6.48. The Morgan fingerprint density at radius 3 is 2.29 bits per heavy atom. The molecule has 0 aromatic heterocycles. The van der Waals surface area contributed by atoms with Crippen LogP contribution in [0.1, 0.15) is 38.7 Å². The van der Waals surface area contributed by atoms with Crippen LogP contribution in [0, 0.1) is 0 Å². The molecule has 1 fully saturated rings. The average molecular weight is 331 g/mol. The van der Waals surface area contributed by atoms with Crippen LogP contribution in [0.25, 0.3) is 0 Å². The molecule has 1 aliphatic rings. The van der Waals surface area contributed by atoms with Crippen LogP contribution < -0.4 is 5.32 Å². The highest BCUT2D eigenvalue weighted by molar-refractivity contribution is 5.81. The maximum Gasteiger partial charge on any atom is 0.237 e. The van der Waals surface area contributed by atoms with E-state index in [1.54, 1.807) is 6.92 Å². The van der Waals surface area contributed by atoms with Gasteiger partial charge in [0, 0.05) is 45.6 Å². The maximum atomic E-state index is 12.5. The van der Waals surface area contributed by atoms with E-state index in [4.69, 9.17) is 0 Å². The van der Waals surface area contributed by atoms with Crippen molar-refractivity contribution >= 4 is 11.8 Å². The predicted molar refractivity (Wildman–Crippen MR) is 95.8 cm³/mol. The van der Waals surface area contributed by atoms with E-state index in [2.05, 4.69) is 29.3 Å². The molecule has 1 aromatic carbocycles. The van der Waals surface area contributed by atoms with Crippen LogP contribution >= 0.6 is 0 Å². The van der Waals surface area contributed by atoms with E-state index >= 15 is 0 Å². The monoisotopic (exact) mass is 331 g/mol. The highest BCUT2D eigenvalue weighted by Crippen LogP contribution is 2.18. The van der Waals surface area contributed by atoms with Crippen molar-refractivity contribution < 1.29 is 9.59 Å². The van der Waals surface area contributed by atoms with E-state index in [1.807, 2.05) is 30.0 Å². The van der Waals surface area contributed by atoms with Crippen LogP contribution in [-0.4, -0.2) is 60.4 Å². The van der Waals surface area contributed by atoms with Gasteiger partial charge in [0.05, 0.1) is 6.04 Å². The van der Waals surface area contributed by atoms with Crippen LogP contribution in [0.3, 0.4) is 0 Å². The van der Waals surface area contributed by atoms with Crippen molar-refractivity contribution in [3.05, 3.63) is 35.9 Å². The van der Waals surface area contributed by atoms with Gasteiger partial charge in [-0.2, -0.15) is 0 Å². The Bertz CT molecular complexity index is 539. The van der Waals surface area contributed by atoms with Gasteiger partial charge in [-0.15, -0.1) is 0 Å². The van der Waals surface area contributed by atoms with Crippen LogP contribution in [0.4, 0.5) is 0 Å². The molecule has 1 aromatic rings. The maximum absolute atomic E-state index is 12.5. The summed E-state index contributed by atoms with van der Waals surface area (Å²) < 4.78 is 0. The molecule has 5 nitrogen and oxygen atoms in total. The molecule has 0 aliphatic carbocycles. The summed E-state index contributed by atoms with van der Waals surface area (Å²) in [5.41, 5.74) is 1.27. The van der Waals surface area contributed by atoms with Gasteiger partial charge in [0.1, 0.15) is 0 Å². The van der Waals surface area contributed by atoms with E-state index in [9.17, 15) is 9.59 Å². The number of benzene rings is 1. The Morgan fingerprint density at radius 2 is 1.75 bits per heavy atom. The largest absolute Gasteiger partial charge is 0.354 e. The van der Waals surface area contributed by atoms with Gasteiger partial charge in [-0.05, 0) is 18.9 Å². The first kappa shape index (κ1) is 18.5. The van der Waals surface area contributed by atoms with Crippen molar-refractivity contribution in [3.8, 4) is 0 Å². The summed E-state index contributed by atoms with van der Waals surface area (Å²) in [6.07, 6.45) is 0.996. The summed E-state index contributed by atoms with van der Waals surface area (Å²) >= 11 is 0. The van der Waals surface area contributed by atoms with Crippen molar-refractivity contribution in [2.24, 2.45) is 0 Å². The van der Waals surface area contributed by atoms with Crippen LogP contribution in [0.15, 0.2) is 30.3 Å². The Kier molecular flexibility index (Phi) is 6.79. The number of rotatable bonds is 6. The number of nitrogens with zero attached hydrogens (tertiary/aromatic N) is 2. The number of amides is 2. The molecule has 2 atom stereocenters. The van der Waals surface area contributed by atoms with E-state index < -0.39 is 0 Å². The summed E-state index contributed by atoms with van der Waals surface area (Å²) in [4.78, 5) is 27.8. The van der Waals surface area contributed by atoms with E-state index in [0.29, 0.717) is 25.6 Å². The Labute approximate surface area is 145 Å². The Balaban J connectivity index is 1.82. The van der Waals surface area contributed by atoms with Gasteiger partial charge in [0.25, 0.3) is 0 Å². The minimum absolute atomic E-state index is 0.0701. The fourth-order valence-electron chi connectivity index (χ4n) is 3.18. The fourth-order valence-corrected chi connectivity index (χ4v) is 3.18. The molecular weight excluding hydrogens is 302 g/mol. The highest BCUT2D eigenvalue weighted by atomic mass is 16.2. The molecule has 1 N–H and O–H groups in total. The van der Waals surface area contributed by atoms with Gasteiger partial charge in [-0.25, -0.2) is 0 Å². The molecule has 24 heavy (non-hydrogen) atoms. The number of carbonyl (C=O) groups excluding carboxylic acids is 2. The van der Waals surface area contributed by atoms with Crippen LogP contribution in [0.2, 0.25) is 0 Å². The Hall–Kier alpha value is -1.88. The standard InChI is InChI=1S/C19H29N3O2/c1-4-17(18-8-6-5-7-9-18)14-20-19(24)15(2)21-10-12-22(13-11-21)16(3)23/h5-9,15,17H,4,10-14H2,1-3H3,(H,20,24)/t15-,17-/m0/s1. The third kappa shape index (κ3) is 4.81. The molecule has 1 heterocycles. The zero-order chi connectivity index (χ0) is 17.5. The van der Waals surface area contributed by atoms with Gasteiger partial charge in [0.2, 0.25) is 11.8 Å². The zero-order valence-corrected chi connectivity index (χ0v) is 15.0. The number of hydrogen-bond acceptors (Lipinski definition) is 3. The Morgan fingerprint density at radius 1 is 1.12 bits per heavy atom. The van der Waals surface area contributed by atoms with E-state index in [1.165, 1.54) is 5.56 Å². The smallest absolute Gasteiger partial charge is 0.237 e. The first-order chi connectivity index (χ1) is 11.5. The predicted octanol–water partition coefficient (Wildman–Crippen LogP) is 1.85. The first-order valence-corrected chi connectivity index (χ1v) is 8.85. The first-order valence-electron chi connectivity index (χ1n) is 8.85. The highest BCUT2D eigenvalue weighted by Gasteiger charge is 2.26. The molecule has 0 unspecified atom stereocenters. The average Bonchev–Trinajstić information content (AvgIpc) is 2.62. The number of carbonyl (C=O) groups is 2. The van der Waals surface area contributed by atoms with Crippen LogP contribution in [-0.2, 0) is 9.59 Å². The topological polar surface area (TPSA) is 52.7 Å². The summed E-state index contributed by atoms with van der Waals surface area (Å²) in [6, 6.07) is 10.2. The molecule has 1 saturated heterocycles. The number of hydrogen-bond donors (Lipinski definition) is 1. The van der Waals surface area contributed by atoms with Gasteiger partial charge in [0.15, 0.2) is 0 Å². The molecule has 5 heteroatoms. The van der Waals surface area contributed by atoms with Gasteiger partial charge < -0.3 is 10.2 Å². The van der Waals surface area contributed by atoms with Crippen molar-refractivity contribution in [3.63, 3.8) is 0 Å².